The second-order valence-corrected chi connectivity index (χ2v) is 4.55. The maximum Gasteiger partial charge on any atom is 0.223 e. The van der Waals surface area contributed by atoms with E-state index >= 15 is 0 Å². The summed E-state index contributed by atoms with van der Waals surface area (Å²) in [6.07, 6.45) is 1.76. The summed E-state index contributed by atoms with van der Waals surface area (Å²) >= 11 is 0. The number of ether oxygens (including phenoxy) is 1. The predicted molar refractivity (Wildman–Crippen MR) is 77.6 cm³/mol. The molecule has 19 heavy (non-hydrogen) atoms. The standard InChI is InChI=1S/C16H20N2O/c1-4-17-11-14-8-6-10-18-16(14)19-15-9-5-7-12(2)13(15)3/h5-10,17H,4,11H2,1-3H3. The van der Waals surface area contributed by atoms with Gasteiger partial charge in [0, 0.05) is 18.3 Å². The summed E-state index contributed by atoms with van der Waals surface area (Å²) in [6, 6.07) is 10.0. The van der Waals surface area contributed by atoms with Crippen LogP contribution in [0.1, 0.15) is 23.6 Å². The van der Waals surface area contributed by atoms with E-state index in [2.05, 4.69) is 37.1 Å². The maximum atomic E-state index is 5.97. The van der Waals surface area contributed by atoms with Crippen LogP contribution in [-0.4, -0.2) is 11.5 Å². The van der Waals surface area contributed by atoms with Gasteiger partial charge in [-0.05, 0) is 43.7 Å². The first-order valence-corrected chi connectivity index (χ1v) is 6.61. The van der Waals surface area contributed by atoms with E-state index in [9.17, 15) is 0 Å². The van der Waals surface area contributed by atoms with Gasteiger partial charge in [0.05, 0.1) is 0 Å². The lowest BCUT2D eigenvalue weighted by Gasteiger charge is -2.12. The van der Waals surface area contributed by atoms with Crippen molar-refractivity contribution in [1.82, 2.24) is 10.3 Å². The van der Waals surface area contributed by atoms with Gasteiger partial charge in [-0.3, -0.25) is 0 Å². The molecule has 1 N–H and O–H groups in total. The summed E-state index contributed by atoms with van der Waals surface area (Å²) in [6.45, 7) is 7.93. The van der Waals surface area contributed by atoms with Gasteiger partial charge < -0.3 is 10.1 Å². The number of nitrogens with one attached hydrogen (secondary N) is 1. The molecule has 1 aromatic heterocycles. The zero-order valence-electron chi connectivity index (χ0n) is 11.7. The fourth-order valence-corrected chi connectivity index (χ4v) is 1.85. The molecule has 0 saturated carbocycles. The molecule has 0 spiro atoms. The van der Waals surface area contributed by atoms with Crippen LogP contribution in [0.2, 0.25) is 0 Å². The molecular weight excluding hydrogens is 236 g/mol. The van der Waals surface area contributed by atoms with Crippen LogP contribution in [0.4, 0.5) is 0 Å². The van der Waals surface area contributed by atoms with Gasteiger partial charge in [0.15, 0.2) is 0 Å². The van der Waals surface area contributed by atoms with E-state index in [-0.39, 0.29) is 0 Å². The molecule has 3 heteroatoms. The Morgan fingerprint density at radius 1 is 1.16 bits per heavy atom. The summed E-state index contributed by atoms with van der Waals surface area (Å²) < 4.78 is 5.97. The van der Waals surface area contributed by atoms with Crippen LogP contribution in [0.5, 0.6) is 11.6 Å². The Kier molecular flexibility index (Phi) is 4.53. The molecule has 0 amide bonds. The van der Waals surface area contributed by atoms with E-state index < -0.39 is 0 Å². The zero-order chi connectivity index (χ0) is 13.7. The first-order valence-electron chi connectivity index (χ1n) is 6.61. The highest BCUT2D eigenvalue weighted by molar-refractivity contribution is 5.41. The third-order valence-corrected chi connectivity index (χ3v) is 3.18. The molecule has 2 aromatic rings. The first kappa shape index (κ1) is 13.6. The zero-order valence-corrected chi connectivity index (χ0v) is 11.7. The predicted octanol–water partition coefficient (Wildman–Crippen LogP) is 3.60. The average molecular weight is 256 g/mol. The molecule has 2 rings (SSSR count). The van der Waals surface area contributed by atoms with Crippen LogP contribution in [-0.2, 0) is 6.54 Å². The second-order valence-electron chi connectivity index (χ2n) is 4.55. The van der Waals surface area contributed by atoms with E-state index in [1.807, 2.05) is 24.3 Å². The van der Waals surface area contributed by atoms with Crippen LogP contribution >= 0.6 is 0 Å². The quantitative estimate of drug-likeness (QED) is 0.887. The van der Waals surface area contributed by atoms with Crippen molar-refractivity contribution in [3.05, 3.63) is 53.2 Å². The minimum atomic E-state index is 0.678. The fourth-order valence-electron chi connectivity index (χ4n) is 1.85. The number of aryl methyl sites for hydroxylation is 1. The molecule has 0 radical (unpaired) electrons. The van der Waals surface area contributed by atoms with Crippen molar-refractivity contribution in [2.75, 3.05) is 6.54 Å². The van der Waals surface area contributed by atoms with Crippen molar-refractivity contribution in [2.24, 2.45) is 0 Å². The van der Waals surface area contributed by atoms with Crippen LogP contribution in [0.15, 0.2) is 36.5 Å². The lowest BCUT2D eigenvalue weighted by molar-refractivity contribution is 0.449. The number of pyridine rings is 1. The Labute approximate surface area is 114 Å². The number of benzene rings is 1. The van der Waals surface area contributed by atoms with Crippen molar-refractivity contribution in [3.8, 4) is 11.6 Å². The highest BCUT2D eigenvalue weighted by Crippen LogP contribution is 2.27. The van der Waals surface area contributed by atoms with Gasteiger partial charge in [-0.1, -0.05) is 25.1 Å². The Morgan fingerprint density at radius 2 is 2.00 bits per heavy atom. The van der Waals surface area contributed by atoms with E-state index in [0.717, 1.165) is 30.0 Å². The third kappa shape index (κ3) is 3.32. The summed E-state index contributed by atoms with van der Waals surface area (Å²) in [5.74, 6) is 1.55. The molecule has 0 bridgehead atoms. The topological polar surface area (TPSA) is 34.2 Å². The molecule has 100 valence electrons. The van der Waals surface area contributed by atoms with Crippen LogP contribution in [0.25, 0.3) is 0 Å². The molecule has 0 aliphatic carbocycles. The molecule has 0 aliphatic heterocycles. The monoisotopic (exact) mass is 256 g/mol. The Hall–Kier alpha value is -1.87. The molecule has 0 aliphatic rings. The maximum absolute atomic E-state index is 5.97. The molecule has 0 fully saturated rings. The Balaban J connectivity index is 2.25. The highest BCUT2D eigenvalue weighted by atomic mass is 16.5. The lowest BCUT2D eigenvalue weighted by Crippen LogP contribution is -2.12. The number of hydrogen-bond acceptors (Lipinski definition) is 3. The van der Waals surface area contributed by atoms with E-state index in [0.29, 0.717) is 5.88 Å². The molecule has 0 unspecified atom stereocenters. The highest BCUT2D eigenvalue weighted by Gasteiger charge is 2.08. The smallest absolute Gasteiger partial charge is 0.223 e. The summed E-state index contributed by atoms with van der Waals surface area (Å²) in [5.41, 5.74) is 3.45. The molecular formula is C16H20N2O. The van der Waals surface area contributed by atoms with Crippen molar-refractivity contribution in [2.45, 2.75) is 27.3 Å². The second kappa shape index (κ2) is 6.34. The minimum absolute atomic E-state index is 0.678. The fraction of sp³-hybridized carbons (Fsp3) is 0.312. The van der Waals surface area contributed by atoms with Crippen molar-refractivity contribution in [1.29, 1.82) is 0 Å². The summed E-state index contributed by atoms with van der Waals surface area (Å²) in [7, 11) is 0. The van der Waals surface area contributed by atoms with Crippen LogP contribution in [0.3, 0.4) is 0 Å². The minimum Gasteiger partial charge on any atom is -0.438 e. The van der Waals surface area contributed by atoms with E-state index in [1.165, 1.54) is 5.56 Å². The van der Waals surface area contributed by atoms with Crippen molar-refractivity contribution < 1.29 is 4.74 Å². The number of hydrogen-bond donors (Lipinski definition) is 1. The summed E-state index contributed by atoms with van der Waals surface area (Å²) in [5, 5.41) is 3.30. The largest absolute Gasteiger partial charge is 0.438 e. The van der Waals surface area contributed by atoms with Crippen LogP contribution in [0, 0.1) is 13.8 Å². The summed E-state index contributed by atoms with van der Waals surface area (Å²) in [4.78, 5) is 4.34. The van der Waals surface area contributed by atoms with Gasteiger partial charge in [-0.25, -0.2) is 4.98 Å². The van der Waals surface area contributed by atoms with Crippen molar-refractivity contribution >= 4 is 0 Å². The Bertz CT molecular complexity index is 552. The number of aromatic nitrogens is 1. The average Bonchev–Trinajstić information content (AvgIpc) is 2.43. The van der Waals surface area contributed by atoms with Gasteiger partial charge in [-0.2, -0.15) is 0 Å². The normalized spacial score (nSPS) is 10.5. The molecule has 0 atom stereocenters. The number of nitrogens with zero attached hydrogens (tertiary/aromatic N) is 1. The molecule has 0 saturated heterocycles. The van der Waals surface area contributed by atoms with E-state index in [1.54, 1.807) is 6.20 Å². The Morgan fingerprint density at radius 3 is 2.79 bits per heavy atom. The van der Waals surface area contributed by atoms with Gasteiger partial charge in [-0.15, -0.1) is 0 Å². The first-order chi connectivity index (χ1) is 9.22. The van der Waals surface area contributed by atoms with Gasteiger partial charge in [0.25, 0.3) is 0 Å². The van der Waals surface area contributed by atoms with Gasteiger partial charge in [0.1, 0.15) is 5.75 Å². The van der Waals surface area contributed by atoms with Crippen LogP contribution < -0.4 is 10.1 Å². The van der Waals surface area contributed by atoms with Gasteiger partial charge in [0.2, 0.25) is 5.88 Å². The SMILES string of the molecule is CCNCc1cccnc1Oc1cccc(C)c1C. The van der Waals surface area contributed by atoms with Gasteiger partial charge >= 0.3 is 0 Å². The number of rotatable bonds is 5. The molecule has 1 aromatic carbocycles. The lowest BCUT2D eigenvalue weighted by atomic mass is 10.1. The third-order valence-electron chi connectivity index (χ3n) is 3.18. The van der Waals surface area contributed by atoms with E-state index in [4.69, 9.17) is 4.74 Å². The molecule has 1 heterocycles. The molecule has 3 nitrogen and oxygen atoms in total. The van der Waals surface area contributed by atoms with Crippen molar-refractivity contribution in [3.63, 3.8) is 0 Å².